The molecule has 1 amide bonds. The Bertz CT molecular complexity index is 745. The van der Waals surface area contributed by atoms with Gasteiger partial charge < -0.3 is 19.7 Å². The number of carbonyl (C=O) groups excluding carboxylic acids is 1. The monoisotopic (exact) mass is 330 g/mol. The number of carbonyl (C=O) groups is 1. The van der Waals surface area contributed by atoms with E-state index in [0.29, 0.717) is 13.1 Å². The van der Waals surface area contributed by atoms with Crippen molar-refractivity contribution in [3.05, 3.63) is 35.5 Å². The average molecular weight is 330 g/mol. The van der Waals surface area contributed by atoms with E-state index < -0.39 is 11.7 Å². The zero-order chi connectivity index (χ0) is 17.5. The van der Waals surface area contributed by atoms with Gasteiger partial charge in [0.1, 0.15) is 5.60 Å². The van der Waals surface area contributed by atoms with Gasteiger partial charge in [-0.25, -0.2) is 4.79 Å². The zero-order valence-electron chi connectivity index (χ0n) is 14.8. The summed E-state index contributed by atoms with van der Waals surface area (Å²) in [6, 6.07) is 6.20. The quantitative estimate of drug-likeness (QED) is 0.840. The summed E-state index contributed by atoms with van der Waals surface area (Å²) < 4.78 is 5.41. The highest BCUT2D eigenvalue weighted by Crippen LogP contribution is 2.34. The molecule has 0 saturated carbocycles. The number of hydrogen-bond donors (Lipinski definition) is 2. The van der Waals surface area contributed by atoms with E-state index in [1.54, 1.807) is 4.90 Å². The van der Waals surface area contributed by atoms with Gasteiger partial charge in [0.2, 0.25) is 0 Å². The van der Waals surface area contributed by atoms with Crippen molar-refractivity contribution in [3.63, 3.8) is 0 Å². The topological polar surface area (TPSA) is 65.6 Å². The summed E-state index contributed by atoms with van der Waals surface area (Å²) >= 11 is 0. The second-order valence-electron chi connectivity index (χ2n) is 7.63. The highest BCUT2D eigenvalue weighted by molar-refractivity contribution is 5.86. The van der Waals surface area contributed by atoms with E-state index in [1.807, 2.05) is 33.0 Å². The highest BCUT2D eigenvalue weighted by Gasteiger charge is 2.34. The molecular formula is C19H26N2O3. The number of aryl methyl sites for hydroxylation is 1. The van der Waals surface area contributed by atoms with Crippen LogP contribution < -0.4 is 0 Å². The maximum atomic E-state index is 12.2. The summed E-state index contributed by atoms with van der Waals surface area (Å²) in [5.41, 5.74) is 2.92. The van der Waals surface area contributed by atoms with Crippen molar-refractivity contribution in [2.75, 3.05) is 13.1 Å². The standard InChI is InChI=1S/C19H26N2O3/c1-12-6-5-7-14-15(10-20-17(12)14)13-8-9-21(11-16(13)22)18(23)24-19(2,3)4/h5-7,10,13,16,20,22H,8-9,11H2,1-4H3. The van der Waals surface area contributed by atoms with Crippen LogP contribution in [0.4, 0.5) is 4.79 Å². The van der Waals surface area contributed by atoms with Gasteiger partial charge in [-0.15, -0.1) is 0 Å². The van der Waals surface area contributed by atoms with Crippen LogP contribution >= 0.6 is 0 Å². The molecule has 2 aromatic rings. The van der Waals surface area contributed by atoms with Crippen LogP contribution in [0.25, 0.3) is 10.9 Å². The van der Waals surface area contributed by atoms with Crippen molar-refractivity contribution in [3.8, 4) is 0 Å². The van der Waals surface area contributed by atoms with Crippen LogP contribution in [0.1, 0.15) is 44.2 Å². The van der Waals surface area contributed by atoms with Crippen LogP contribution in [0, 0.1) is 6.92 Å². The molecule has 2 unspecified atom stereocenters. The lowest BCUT2D eigenvalue weighted by Gasteiger charge is -2.36. The third-order valence-corrected chi connectivity index (χ3v) is 4.59. The van der Waals surface area contributed by atoms with E-state index in [-0.39, 0.29) is 12.0 Å². The van der Waals surface area contributed by atoms with Crippen LogP contribution in [0.5, 0.6) is 0 Å². The third-order valence-electron chi connectivity index (χ3n) is 4.59. The molecule has 1 aromatic carbocycles. The molecule has 1 fully saturated rings. The lowest BCUT2D eigenvalue weighted by atomic mass is 9.87. The van der Waals surface area contributed by atoms with Gasteiger partial charge in [-0.05, 0) is 45.2 Å². The first-order chi connectivity index (χ1) is 11.3. The number of fused-ring (bicyclic) bond motifs is 1. The fourth-order valence-corrected chi connectivity index (χ4v) is 3.42. The largest absolute Gasteiger partial charge is 0.444 e. The minimum Gasteiger partial charge on any atom is -0.444 e. The summed E-state index contributed by atoms with van der Waals surface area (Å²) in [6.07, 6.45) is 1.77. The average Bonchev–Trinajstić information content (AvgIpc) is 2.90. The lowest BCUT2D eigenvalue weighted by Crippen LogP contribution is -2.47. The minimum atomic E-state index is -0.592. The molecule has 1 saturated heterocycles. The fourth-order valence-electron chi connectivity index (χ4n) is 3.42. The van der Waals surface area contributed by atoms with Crippen LogP contribution in [0.2, 0.25) is 0 Å². The number of ether oxygens (including phenoxy) is 1. The first-order valence-corrected chi connectivity index (χ1v) is 8.49. The first-order valence-electron chi connectivity index (χ1n) is 8.49. The summed E-state index contributed by atoms with van der Waals surface area (Å²) in [4.78, 5) is 17.1. The molecule has 3 rings (SSSR count). The number of piperidine rings is 1. The predicted molar refractivity (Wildman–Crippen MR) is 94.2 cm³/mol. The van der Waals surface area contributed by atoms with Crippen molar-refractivity contribution >= 4 is 17.0 Å². The molecule has 1 aromatic heterocycles. The number of nitrogens with zero attached hydrogens (tertiary/aromatic N) is 1. The van der Waals surface area contributed by atoms with E-state index in [0.717, 1.165) is 22.9 Å². The number of aliphatic hydroxyl groups is 1. The summed E-state index contributed by atoms with van der Waals surface area (Å²) in [7, 11) is 0. The van der Waals surface area contributed by atoms with Crippen molar-refractivity contribution in [1.82, 2.24) is 9.88 Å². The number of hydrogen-bond acceptors (Lipinski definition) is 3. The number of para-hydroxylation sites is 1. The number of amides is 1. The Kier molecular flexibility index (Phi) is 4.30. The van der Waals surface area contributed by atoms with Crippen LogP contribution in [0.15, 0.2) is 24.4 Å². The van der Waals surface area contributed by atoms with Crippen molar-refractivity contribution in [2.24, 2.45) is 0 Å². The van der Waals surface area contributed by atoms with Crippen LogP contribution in [0.3, 0.4) is 0 Å². The summed E-state index contributed by atoms with van der Waals surface area (Å²) in [6.45, 7) is 8.52. The van der Waals surface area contributed by atoms with Crippen molar-refractivity contribution in [2.45, 2.75) is 51.7 Å². The predicted octanol–water partition coefficient (Wildman–Crippen LogP) is 3.56. The number of likely N-dealkylation sites (tertiary alicyclic amines) is 1. The molecular weight excluding hydrogens is 304 g/mol. The molecule has 0 radical (unpaired) electrons. The van der Waals surface area contributed by atoms with Gasteiger partial charge in [-0.3, -0.25) is 0 Å². The Labute approximate surface area is 142 Å². The van der Waals surface area contributed by atoms with E-state index in [2.05, 4.69) is 24.0 Å². The summed E-state index contributed by atoms with van der Waals surface area (Å²) in [5, 5.41) is 11.8. The van der Waals surface area contributed by atoms with Gasteiger partial charge in [0.15, 0.2) is 0 Å². The number of H-pyrrole nitrogens is 1. The Balaban J connectivity index is 1.76. The number of aromatic nitrogens is 1. The number of β-amino-alcohol motifs (C(OH)–C–C–N with tert-alkyl or cyclic N) is 1. The number of aromatic amines is 1. The SMILES string of the molecule is Cc1cccc2c(C3CCN(C(=O)OC(C)(C)C)CC3O)c[nH]c12. The third kappa shape index (κ3) is 3.26. The molecule has 130 valence electrons. The molecule has 0 aliphatic carbocycles. The Morgan fingerprint density at radius 3 is 2.79 bits per heavy atom. The molecule has 5 heteroatoms. The van der Waals surface area contributed by atoms with E-state index in [1.165, 1.54) is 5.56 Å². The number of rotatable bonds is 1. The molecule has 0 spiro atoms. The van der Waals surface area contributed by atoms with Crippen LogP contribution in [-0.4, -0.2) is 45.9 Å². The molecule has 5 nitrogen and oxygen atoms in total. The molecule has 2 atom stereocenters. The van der Waals surface area contributed by atoms with Crippen LogP contribution in [-0.2, 0) is 4.74 Å². The molecule has 0 bridgehead atoms. The van der Waals surface area contributed by atoms with E-state index >= 15 is 0 Å². The zero-order valence-corrected chi connectivity index (χ0v) is 14.8. The molecule has 24 heavy (non-hydrogen) atoms. The Hall–Kier alpha value is -2.01. The van der Waals surface area contributed by atoms with Gasteiger partial charge in [-0.2, -0.15) is 0 Å². The number of nitrogens with one attached hydrogen (secondary N) is 1. The second kappa shape index (κ2) is 6.13. The normalized spacial score (nSPS) is 22.0. The van der Waals surface area contributed by atoms with Gasteiger partial charge in [0.25, 0.3) is 0 Å². The van der Waals surface area contributed by atoms with Crippen molar-refractivity contribution in [1.29, 1.82) is 0 Å². The van der Waals surface area contributed by atoms with E-state index in [4.69, 9.17) is 4.74 Å². The Morgan fingerprint density at radius 1 is 1.38 bits per heavy atom. The maximum Gasteiger partial charge on any atom is 0.410 e. The van der Waals surface area contributed by atoms with Crippen molar-refractivity contribution < 1.29 is 14.6 Å². The fraction of sp³-hybridized carbons (Fsp3) is 0.526. The molecule has 2 heterocycles. The number of benzene rings is 1. The smallest absolute Gasteiger partial charge is 0.410 e. The second-order valence-corrected chi connectivity index (χ2v) is 7.63. The molecule has 2 N–H and O–H groups in total. The molecule has 1 aliphatic rings. The first kappa shape index (κ1) is 16.8. The van der Waals surface area contributed by atoms with Gasteiger partial charge in [0, 0.05) is 29.6 Å². The van der Waals surface area contributed by atoms with Gasteiger partial charge in [0.05, 0.1) is 12.6 Å². The summed E-state index contributed by atoms with van der Waals surface area (Å²) in [5.74, 6) is 0.0271. The number of aliphatic hydroxyl groups excluding tert-OH is 1. The lowest BCUT2D eigenvalue weighted by molar-refractivity contribution is -0.00138. The Morgan fingerprint density at radius 2 is 2.12 bits per heavy atom. The van der Waals surface area contributed by atoms with Gasteiger partial charge >= 0.3 is 6.09 Å². The maximum absolute atomic E-state index is 12.2. The molecule has 1 aliphatic heterocycles. The minimum absolute atomic E-state index is 0.0271. The van der Waals surface area contributed by atoms with Gasteiger partial charge in [-0.1, -0.05) is 18.2 Å². The highest BCUT2D eigenvalue weighted by atomic mass is 16.6. The van der Waals surface area contributed by atoms with E-state index in [9.17, 15) is 9.90 Å².